The lowest BCUT2D eigenvalue weighted by atomic mass is 10.2. The molecule has 120 valence electrons. The smallest absolute Gasteiger partial charge is 0.246 e. The van der Waals surface area contributed by atoms with Crippen LogP contribution in [0.1, 0.15) is 19.4 Å². The lowest BCUT2D eigenvalue weighted by Crippen LogP contribution is -2.38. The molecule has 0 aromatic heterocycles. The van der Waals surface area contributed by atoms with Crippen LogP contribution >= 0.6 is 0 Å². The fourth-order valence-corrected chi connectivity index (χ4v) is 3.32. The third kappa shape index (κ3) is 4.47. The molecule has 1 rings (SSSR count). The van der Waals surface area contributed by atoms with Crippen molar-refractivity contribution in [1.82, 2.24) is 9.62 Å². The third-order valence-electron chi connectivity index (χ3n) is 3.26. The molecule has 0 bridgehead atoms. The number of ether oxygens (including phenoxy) is 1. The Morgan fingerprint density at radius 3 is 2.67 bits per heavy atom. The van der Waals surface area contributed by atoms with E-state index < -0.39 is 15.8 Å². The van der Waals surface area contributed by atoms with Gasteiger partial charge in [-0.15, -0.1) is 0 Å². The number of sulfonamides is 1. The summed E-state index contributed by atoms with van der Waals surface area (Å²) in [6.07, 6.45) is 0. The summed E-state index contributed by atoms with van der Waals surface area (Å²) < 4.78 is 45.0. The summed E-state index contributed by atoms with van der Waals surface area (Å²) >= 11 is 0. The fraction of sp³-hybridized carbons (Fsp3) is 0.571. The maximum absolute atomic E-state index is 13.9. The molecule has 0 amide bonds. The Morgan fingerprint density at radius 1 is 1.43 bits per heavy atom. The minimum Gasteiger partial charge on any atom is -0.383 e. The van der Waals surface area contributed by atoms with Gasteiger partial charge in [-0.05, 0) is 31.2 Å². The van der Waals surface area contributed by atoms with Crippen molar-refractivity contribution in [3.05, 3.63) is 29.6 Å². The largest absolute Gasteiger partial charge is 0.383 e. The van der Waals surface area contributed by atoms with Crippen LogP contribution in [0, 0.1) is 5.82 Å². The van der Waals surface area contributed by atoms with Gasteiger partial charge >= 0.3 is 0 Å². The highest BCUT2D eigenvalue weighted by molar-refractivity contribution is 7.89. The zero-order chi connectivity index (χ0) is 16.0. The van der Waals surface area contributed by atoms with E-state index >= 15 is 0 Å². The van der Waals surface area contributed by atoms with Gasteiger partial charge in [-0.3, -0.25) is 0 Å². The van der Waals surface area contributed by atoms with E-state index in [-0.39, 0.29) is 17.5 Å². The number of rotatable bonds is 8. The van der Waals surface area contributed by atoms with Gasteiger partial charge in [-0.1, -0.05) is 13.0 Å². The van der Waals surface area contributed by atoms with Crippen LogP contribution in [-0.4, -0.2) is 46.1 Å². The summed E-state index contributed by atoms with van der Waals surface area (Å²) in [6.45, 7) is 5.15. The lowest BCUT2D eigenvalue weighted by molar-refractivity contribution is 0.149. The SMILES string of the molecule is CCNCc1ccc(F)c(S(=O)(=O)N(C)C(C)COC)c1. The summed E-state index contributed by atoms with van der Waals surface area (Å²) in [5.41, 5.74) is 0.726. The molecule has 1 aromatic rings. The standard InChI is InChI=1S/C14H23FN2O3S/c1-5-16-9-12-6-7-13(15)14(8-12)21(18,19)17(3)11(2)10-20-4/h6-8,11,16H,5,9-10H2,1-4H3. The number of benzene rings is 1. The van der Waals surface area contributed by atoms with E-state index in [2.05, 4.69) is 5.32 Å². The van der Waals surface area contributed by atoms with Gasteiger partial charge < -0.3 is 10.1 Å². The fourth-order valence-electron chi connectivity index (χ4n) is 1.86. The predicted octanol–water partition coefficient (Wildman–Crippen LogP) is 1.59. The summed E-state index contributed by atoms with van der Waals surface area (Å²) in [4.78, 5) is -0.302. The van der Waals surface area contributed by atoms with Crippen LogP contribution in [0.5, 0.6) is 0 Å². The third-order valence-corrected chi connectivity index (χ3v) is 5.25. The number of nitrogens with one attached hydrogen (secondary N) is 1. The van der Waals surface area contributed by atoms with Crippen molar-refractivity contribution in [1.29, 1.82) is 0 Å². The molecule has 5 nitrogen and oxygen atoms in total. The van der Waals surface area contributed by atoms with Crippen LogP contribution in [0.3, 0.4) is 0 Å². The Morgan fingerprint density at radius 2 is 2.10 bits per heavy atom. The van der Waals surface area contributed by atoms with E-state index in [0.717, 1.165) is 16.4 Å². The second kappa shape index (κ2) is 7.84. The van der Waals surface area contributed by atoms with Crippen LogP contribution in [0.15, 0.2) is 23.1 Å². The first-order chi connectivity index (χ1) is 9.84. The monoisotopic (exact) mass is 318 g/mol. The van der Waals surface area contributed by atoms with Crippen LogP contribution in [0.2, 0.25) is 0 Å². The van der Waals surface area contributed by atoms with E-state index in [4.69, 9.17) is 4.74 Å². The number of hydrogen-bond donors (Lipinski definition) is 1. The van der Waals surface area contributed by atoms with Crippen molar-refractivity contribution in [2.45, 2.75) is 31.3 Å². The maximum Gasteiger partial charge on any atom is 0.246 e. The molecule has 0 spiro atoms. The van der Waals surface area contributed by atoms with E-state index in [1.54, 1.807) is 13.0 Å². The van der Waals surface area contributed by atoms with Crippen molar-refractivity contribution in [3.8, 4) is 0 Å². The van der Waals surface area contributed by atoms with Gasteiger partial charge in [0.15, 0.2) is 0 Å². The first-order valence-corrected chi connectivity index (χ1v) is 8.24. The lowest BCUT2D eigenvalue weighted by Gasteiger charge is -2.24. The van der Waals surface area contributed by atoms with Gasteiger partial charge in [0.1, 0.15) is 10.7 Å². The molecule has 1 aromatic carbocycles. The van der Waals surface area contributed by atoms with Gasteiger partial charge in [0.2, 0.25) is 10.0 Å². The summed E-state index contributed by atoms with van der Waals surface area (Å²) in [6, 6.07) is 3.77. The molecule has 7 heteroatoms. The van der Waals surface area contributed by atoms with Crippen LogP contribution in [-0.2, 0) is 21.3 Å². The molecule has 21 heavy (non-hydrogen) atoms. The maximum atomic E-state index is 13.9. The molecule has 0 aliphatic rings. The zero-order valence-electron chi connectivity index (χ0n) is 12.9. The number of nitrogens with zero attached hydrogens (tertiary/aromatic N) is 1. The minimum atomic E-state index is -3.89. The van der Waals surface area contributed by atoms with Crippen LogP contribution in [0.4, 0.5) is 4.39 Å². The Kier molecular flexibility index (Phi) is 6.73. The van der Waals surface area contributed by atoms with Crippen molar-refractivity contribution >= 4 is 10.0 Å². The number of methoxy groups -OCH3 is 1. The number of likely N-dealkylation sites (N-methyl/N-ethyl adjacent to an activating group) is 1. The first kappa shape index (κ1) is 18.0. The van der Waals surface area contributed by atoms with Gasteiger partial charge in [0.25, 0.3) is 0 Å². The summed E-state index contributed by atoms with van der Waals surface area (Å²) in [5.74, 6) is -0.744. The minimum absolute atomic E-state index is 0.244. The second-order valence-corrected chi connectivity index (χ2v) is 6.84. The molecular formula is C14H23FN2O3S. The highest BCUT2D eigenvalue weighted by Crippen LogP contribution is 2.21. The average Bonchev–Trinajstić information content (AvgIpc) is 2.45. The highest BCUT2D eigenvalue weighted by Gasteiger charge is 2.28. The molecule has 1 unspecified atom stereocenters. The van der Waals surface area contributed by atoms with Gasteiger partial charge in [-0.25, -0.2) is 12.8 Å². The highest BCUT2D eigenvalue weighted by atomic mass is 32.2. The Labute approximate surface area is 126 Å². The van der Waals surface area contributed by atoms with Gasteiger partial charge in [0, 0.05) is 26.7 Å². The number of halogens is 1. The quantitative estimate of drug-likeness (QED) is 0.791. The van der Waals surface area contributed by atoms with Gasteiger partial charge in [0.05, 0.1) is 6.61 Å². The van der Waals surface area contributed by atoms with Crippen LogP contribution < -0.4 is 5.32 Å². The second-order valence-electron chi connectivity index (χ2n) is 4.87. The molecule has 1 atom stereocenters. The van der Waals surface area contributed by atoms with Gasteiger partial charge in [-0.2, -0.15) is 4.31 Å². The molecule has 1 N–H and O–H groups in total. The molecule has 0 saturated carbocycles. The topological polar surface area (TPSA) is 58.6 Å². The number of hydrogen-bond acceptors (Lipinski definition) is 4. The molecule has 0 aliphatic carbocycles. The average molecular weight is 318 g/mol. The molecule has 0 heterocycles. The van der Waals surface area contributed by atoms with Crippen molar-refractivity contribution in [2.75, 3.05) is 27.3 Å². The van der Waals surface area contributed by atoms with Crippen molar-refractivity contribution < 1.29 is 17.5 Å². The molecule has 0 radical (unpaired) electrons. The molecule has 0 fully saturated rings. The molecule has 0 aliphatic heterocycles. The Balaban J connectivity index is 3.12. The summed E-state index contributed by atoms with van der Waals surface area (Å²) in [5, 5.41) is 3.08. The van der Waals surface area contributed by atoms with E-state index in [9.17, 15) is 12.8 Å². The van der Waals surface area contributed by atoms with E-state index in [0.29, 0.717) is 6.54 Å². The van der Waals surface area contributed by atoms with Crippen LogP contribution in [0.25, 0.3) is 0 Å². The zero-order valence-corrected chi connectivity index (χ0v) is 13.7. The van der Waals surface area contributed by atoms with Crippen molar-refractivity contribution in [2.24, 2.45) is 0 Å². The van der Waals surface area contributed by atoms with Crippen molar-refractivity contribution in [3.63, 3.8) is 0 Å². The molecule has 0 saturated heterocycles. The van der Waals surface area contributed by atoms with E-state index in [1.807, 2.05) is 6.92 Å². The normalized spacial score (nSPS) is 13.6. The Hall–Kier alpha value is -1.02. The molecular weight excluding hydrogens is 295 g/mol. The predicted molar refractivity (Wildman–Crippen MR) is 80.1 cm³/mol. The Bertz CT molecular complexity index is 563. The summed E-state index contributed by atoms with van der Waals surface area (Å²) in [7, 11) is -0.967. The van der Waals surface area contributed by atoms with E-state index in [1.165, 1.54) is 26.3 Å². The first-order valence-electron chi connectivity index (χ1n) is 6.80.